The van der Waals surface area contributed by atoms with E-state index in [1.54, 1.807) is 11.1 Å². The lowest BCUT2D eigenvalue weighted by atomic mass is 9.43. The molecule has 5 aliphatic rings. The maximum absolute atomic E-state index is 6.53. The Kier molecular flexibility index (Phi) is 5.98. The standard InChI is InChI=1S/C50H39NO/c1-2-10-34-28-39(20-19-33(34)9-1)51(38-12-7-11-35(29-38)41-15-8-16-45-44-14-4-6-18-48(44)52-49(41)45)40-21-22-43-42-13-3-5-17-46(42)50(47(43)30-40)36-24-31-23-32(26-36)27-37(50)25-31/h1-22,28-32,36-37H,23-27H2. The first kappa shape index (κ1) is 29.0. The van der Waals surface area contributed by atoms with Gasteiger partial charge in [0, 0.05) is 38.8 Å². The van der Waals surface area contributed by atoms with Gasteiger partial charge in [0.2, 0.25) is 0 Å². The molecule has 0 amide bonds. The van der Waals surface area contributed by atoms with Gasteiger partial charge in [-0.05, 0) is 137 Å². The van der Waals surface area contributed by atoms with Gasteiger partial charge in [-0.25, -0.2) is 0 Å². The van der Waals surface area contributed by atoms with Crippen molar-refractivity contribution in [3.63, 3.8) is 0 Å². The molecule has 5 aliphatic carbocycles. The lowest BCUT2D eigenvalue weighted by molar-refractivity contribution is -0.0399. The largest absolute Gasteiger partial charge is 0.455 e. The van der Waals surface area contributed by atoms with Crippen LogP contribution in [0.25, 0.3) is 55.0 Å². The van der Waals surface area contributed by atoms with Gasteiger partial charge < -0.3 is 9.32 Å². The van der Waals surface area contributed by atoms with E-state index in [4.69, 9.17) is 4.42 Å². The third-order valence-electron chi connectivity index (χ3n) is 13.6. The minimum atomic E-state index is 0.114. The number of furan rings is 1. The highest BCUT2D eigenvalue weighted by molar-refractivity contribution is 6.09. The third-order valence-corrected chi connectivity index (χ3v) is 13.6. The van der Waals surface area contributed by atoms with Gasteiger partial charge >= 0.3 is 0 Å². The van der Waals surface area contributed by atoms with Gasteiger partial charge in [-0.2, -0.15) is 0 Å². The second-order valence-electron chi connectivity index (χ2n) is 16.1. The molecule has 0 atom stereocenters. The lowest BCUT2D eigenvalue weighted by Crippen LogP contribution is -2.55. The van der Waals surface area contributed by atoms with Crippen molar-refractivity contribution in [3.05, 3.63) is 163 Å². The SMILES string of the molecule is c1cc(-c2cccc3c2oc2ccccc23)cc(N(c2ccc3c(c2)C2(c4ccccc4-3)C3CC4CC(C3)CC2C4)c2ccc3ccccc3c2)c1. The van der Waals surface area contributed by atoms with E-state index >= 15 is 0 Å². The average Bonchev–Trinajstić information content (AvgIpc) is 3.71. The van der Waals surface area contributed by atoms with E-state index < -0.39 is 0 Å². The van der Waals surface area contributed by atoms with Gasteiger partial charge in [-0.15, -0.1) is 0 Å². The molecule has 8 aromatic rings. The minimum Gasteiger partial charge on any atom is -0.455 e. The van der Waals surface area contributed by atoms with Crippen LogP contribution in [-0.2, 0) is 5.41 Å². The number of para-hydroxylation sites is 2. The highest BCUT2D eigenvalue weighted by atomic mass is 16.3. The van der Waals surface area contributed by atoms with Crippen LogP contribution in [0.2, 0.25) is 0 Å². The van der Waals surface area contributed by atoms with Crippen LogP contribution in [0.5, 0.6) is 0 Å². The molecule has 1 spiro atoms. The van der Waals surface area contributed by atoms with Crippen LogP contribution in [-0.4, -0.2) is 0 Å². The monoisotopic (exact) mass is 669 g/mol. The summed E-state index contributed by atoms with van der Waals surface area (Å²) >= 11 is 0. The number of fused-ring (bicyclic) bond motifs is 7. The highest BCUT2D eigenvalue weighted by Gasteiger charge is 2.61. The Labute approximate surface area is 304 Å². The average molecular weight is 670 g/mol. The third kappa shape index (κ3) is 3.96. The molecule has 250 valence electrons. The maximum atomic E-state index is 6.53. The Morgan fingerprint density at radius 3 is 2.00 bits per heavy atom. The highest BCUT2D eigenvalue weighted by Crippen LogP contribution is 2.69. The molecule has 2 nitrogen and oxygen atoms in total. The molecule has 2 heteroatoms. The van der Waals surface area contributed by atoms with Crippen LogP contribution >= 0.6 is 0 Å². The van der Waals surface area contributed by atoms with Crippen LogP contribution < -0.4 is 4.90 Å². The van der Waals surface area contributed by atoms with Crippen LogP contribution in [0.1, 0.15) is 43.2 Å². The van der Waals surface area contributed by atoms with Crippen LogP contribution in [0.3, 0.4) is 0 Å². The molecule has 0 N–H and O–H groups in total. The van der Waals surface area contributed by atoms with E-state index in [1.165, 1.54) is 65.4 Å². The summed E-state index contributed by atoms with van der Waals surface area (Å²) in [4.78, 5) is 2.50. The van der Waals surface area contributed by atoms with E-state index in [0.717, 1.165) is 62.4 Å². The number of rotatable bonds is 4. The summed E-state index contributed by atoms with van der Waals surface area (Å²) in [7, 11) is 0. The Hall–Kier alpha value is -5.60. The molecule has 4 fully saturated rings. The molecule has 0 unspecified atom stereocenters. The van der Waals surface area contributed by atoms with Crippen LogP contribution in [0.15, 0.2) is 156 Å². The van der Waals surface area contributed by atoms with Crippen molar-refractivity contribution in [1.82, 2.24) is 0 Å². The first-order chi connectivity index (χ1) is 25.7. The van der Waals surface area contributed by atoms with Gasteiger partial charge in [0.15, 0.2) is 0 Å². The summed E-state index contributed by atoms with van der Waals surface area (Å²) in [6, 6.07) is 56.5. The van der Waals surface area contributed by atoms with Crippen molar-refractivity contribution in [2.24, 2.45) is 23.7 Å². The Morgan fingerprint density at radius 2 is 1.12 bits per heavy atom. The molecule has 1 heterocycles. The Morgan fingerprint density at radius 1 is 0.462 bits per heavy atom. The fourth-order valence-corrected chi connectivity index (χ4v) is 11.8. The quantitative estimate of drug-likeness (QED) is 0.185. The molecule has 0 radical (unpaired) electrons. The van der Waals surface area contributed by atoms with Crippen LogP contribution in [0, 0.1) is 23.7 Å². The van der Waals surface area contributed by atoms with E-state index in [2.05, 4.69) is 157 Å². The summed E-state index contributed by atoms with van der Waals surface area (Å²) in [6.07, 6.45) is 7.00. The maximum Gasteiger partial charge on any atom is 0.143 e. The molecule has 4 bridgehead atoms. The van der Waals surface area contributed by atoms with Gasteiger partial charge in [0.05, 0.1) is 0 Å². The van der Waals surface area contributed by atoms with Crippen molar-refractivity contribution in [2.75, 3.05) is 4.90 Å². The molecule has 52 heavy (non-hydrogen) atoms. The topological polar surface area (TPSA) is 16.4 Å². The van der Waals surface area contributed by atoms with Gasteiger partial charge in [0.1, 0.15) is 11.2 Å². The molecule has 0 aliphatic heterocycles. The second-order valence-corrected chi connectivity index (χ2v) is 16.1. The molecule has 7 aromatic carbocycles. The number of hydrogen-bond donors (Lipinski definition) is 0. The summed E-state index contributed by atoms with van der Waals surface area (Å²) in [6.45, 7) is 0. The summed E-state index contributed by atoms with van der Waals surface area (Å²) in [5.41, 5.74) is 13.9. The first-order valence-electron chi connectivity index (χ1n) is 19.3. The summed E-state index contributed by atoms with van der Waals surface area (Å²) in [5, 5.41) is 4.82. The van der Waals surface area contributed by atoms with Gasteiger partial charge in [0.25, 0.3) is 0 Å². The predicted octanol–water partition coefficient (Wildman–Crippen LogP) is 13.6. The fourth-order valence-electron chi connectivity index (χ4n) is 11.8. The number of benzene rings is 7. The molecular weight excluding hydrogens is 631 g/mol. The Bertz CT molecular complexity index is 2700. The van der Waals surface area contributed by atoms with E-state index in [1.807, 2.05) is 0 Å². The number of anilines is 3. The first-order valence-corrected chi connectivity index (χ1v) is 19.3. The zero-order chi connectivity index (χ0) is 34.0. The van der Waals surface area contributed by atoms with Crippen molar-refractivity contribution in [3.8, 4) is 22.3 Å². The van der Waals surface area contributed by atoms with E-state index in [0.29, 0.717) is 0 Å². The smallest absolute Gasteiger partial charge is 0.143 e. The van der Waals surface area contributed by atoms with Crippen molar-refractivity contribution in [1.29, 1.82) is 0 Å². The molecule has 1 aromatic heterocycles. The van der Waals surface area contributed by atoms with Gasteiger partial charge in [-0.1, -0.05) is 109 Å². The Balaban J connectivity index is 1.07. The minimum absolute atomic E-state index is 0.114. The fraction of sp³-hybridized carbons (Fsp3) is 0.200. The van der Waals surface area contributed by atoms with Crippen molar-refractivity contribution >= 4 is 49.8 Å². The summed E-state index contributed by atoms with van der Waals surface area (Å²) < 4.78 is 6.53. The van der Waals surface area contributed by atoms with Gasteiger partial charge in [-0.3, -0.25) is 0 Å². The second kappa shape index (κ2) is 10.7. The lowest BCUT2D eigenvalue weighted by Gasteiger charge is -2.61. The van der Waals surface area contributed by atoms with E-state index in [9.17, 15) is 0 Å². The molecule has 0 saturated heterocycles. The van der Waals surface area contributed by atoms with Crippen molar-refractivity contribution in [2.45, 2.75) is 37.5 Å². The van der Waals surface area contributed by atoms with Crippen molar-refractivity contribution < 1.29 is 4.42 Å². The zero-order valence-electron chi connectivity index (χ0n) is 29.1. The molecular formula is C50H39NO. The normalized spacial score (nSPS) is 23.8. The number of hydrogen-bond acceptors (Lipinski definition) is 2. The zero-order valence-corrected chi connectivity index (χ0v) is 29.1. The summed E-state index contributed by atoms with van der Waals surface area (Å²) in [5.74, 6) is 3.28. The predicted molar refractivity (Wildman–Crippen MR) is 215 cm³/mol. The number of nitrogens with zero attached hydrogens (tertiary/aromatic N) is 1. The molecule has 4 saturated carbocycles. The van der Waals surface area contributed by atoms with Crippen LogP contribution in [0.4, 0.5) is 17.1 Å². The molecule has 13 rings (SSSR count). The van der Waals surface area contributed by atoms with E-state index in [-0.39, 0.29) is 5.41 Å².